The molecule has 0 aliphatic heterocycles. The molecule has 0 saturated heterocycles. The molecule has 0 unspecified atom stereocenters. The van der Waals surface area contributed by atoms with Crippen molar-refractivity contribution in [1.29, 1.82) is 0 Å². The van der Waals surface area contributed by atoms with Gasteiger partial charge >= 0.3 is 28.6 Å². The van der Waals surface area contributed by atoms with E-state index in [4.69, 9.17) is 8.90 Å². The number of rotatable bonds is 17. The van der Waals surface area contributed by atoms with Crippen molar-refractivity contribution in [3.63, 3.8) is 0 Å². The number of carbonyl (C=O) groups excluding carboxylic acids is 1. The zero-order valence-corrected chi connectivity index (χ0v) is 23.4. The van der Waals surface area contributed by atoms with Crippen LogP contribution in [-0.4, -0.2) is 46.4 Å². The van der Waals surface area contributed by atoms with Crippen LogP contribution in [-0.2, 0) is 18.1 Å². The van der Waals surface area contributed by atoms with Crippen molar-refractivity contribution >= 4 is 28.6 Å². The van der Waals surface area contributed by atoms with Crippen molar-refractivity contribution in [2.24, 2.45) is 0 Å². The Morgan fingerprint density at radius 1 is 0.839 bits per heavy atom. The standard InChI is InChI=1S/C18H34O2.C4H8O2.C3H7O.Al.2H/c1-2-3-4-5-6-7-8-9-10-11-12-13-14-15-16-17-18(19)20;1-3-6-4(2)5;1-3(2)4;;;/h9-10H,2-8,11-17H2,1H3,(H,19,20);3H2,1-2H3;3H,1-2H3;;;/q;;-1;+1;;/b10-9-;;;;;. The Kier molecular flexibility index (Phi) is 35.2. The second kappa shape index (κ2) is 31.4. The molecule has 6 heteroatoms. The number of hydrogen-bond donors (Lipinski definition) is 1. The smallest absolute Gasteiger partial charge is 0.410 e. The first-order chi connectivity index (χ1) is 14.8. The third kappa shape index (κ3) is 48.0. The van der Waals surface area contributed by atoms with Gasteiger partial charge in [-0.25, -0.2) is 0 Å². The van der Waals surface area contributed by atoms with Gasteiger partial charge in [-0.15, -0.1) is 0 Å². The summed E-state index contributed by atoms with van der Waals surface area (Å²) in [6.45, 7) is 9.98. The van der Waals surface area contributed by atoms with Crippen LogP contribution >= 0.6 is 0 Å². The van der Waals surface area contributed by atoms with Crippen molar-refractivity contribution in [2.45, 2.75) is 131 Å². The Morgan fingerprint density at radius 2 is 1.26 bits per heavy atom. The number of unbranched alkanes of at least 4 members (excludes halogenated alkanes) is 11. The van der Waals surface area contributed by atoms with Crippen LogP contribution in [0.2, 0.25) is 0 Å². The van der Waals surface area contributed by atoms with Gasteiger partial charge in [-0.2, -0.15) is 0 Å². The fraction of sp³-hybridized carbons (Fsp3) is 0.840. The topological polar surface area (TPSA) is 72.8 Å². The van der Waals surface area contributed by atoms with E-state index >= 15 is 0 Å². The molecule has 0 amide bonds. The van der Waals surface area contributed by atoms with Gasteiger partial charge in [0.2, 0.25) is 0 Å². The number of aliphatic carboxylic acids is 1. The van der Waals surface area contributed by atoms with Gasteiger partial charge in [0.15, 0.2) is 0 Å². The lowest BCUT2D eigenvalue weighted by molar-refractivity contribution is -0.140. The van der Waals surface area contributed by atoms with E-state index < -0.39 is 5.97 Å². The Morgan fingerprint density at radius 3 is 1.58 bits per heavy atom. The molecule has 0 aliphatic carbocycles. The summed E-state index contributed by atoms with van der Waals surface area (Å²) in [7, 11) is 0. The van der Waals surface area contributed by atoms with Gasteiger partial charge in [0.25, 0.3) is 0 Å². The van der Waals surface area contributed by atoms with E-state index in [0.717, 1.165) is 29.5 Å². The molecule has 0 aromatic carbocycles. The summed E-state index contributed by atoms with van der Waals surface area (Å²) in [5.74, 6) is -0.875. The SMILES string of the molecule is CC(C)[O][AlH2].CCCCCCCC/C=C\CCCCCCCC(=O)O.CCOC(C)=O. The quantitative estimate of drug-likeness (QED) is 0.114. The zero-order valence-electron chi connectivity index (χ0n) is 21.4. The lowest BCUT2D eigenvalue weighted by Gasteiger charge is -1.99. The lowest BCUT2D eigenvalue weighted by atomic mass is 10.1. The van der Waals surface area contributed by atoms with E-state index in [0.29, 0.717) is 19.1 Å². The second-order valence-electron chi connectivity index (χ2n) is 7.94. The number of allylic oxidation sites excluding steroid dienone is 2. The molecule has 0 saturated carbocycles. The van der Waals surface area contributed by atoms with E-state index in [9.17, 15) is 9.59 Å². The highest BCUT2D eigenvalue weighted by Crippen LogP contribution is 2.09. The molecule has 184 valence electrons. The van der Waals surface area contributed by atoms with Gasteiger partial charge in [0, 0.05) is 19.4 Å². The maximum atomic E-state index is 10.3. The normalized spacial score (nSPS) is 10.3. The summed E-state index contributed by atoms with van der Waals surface area (Å²) >= 11 is 0.873. The van der Waals surface area contributed by atoms with Crippen LogP contribution in [0.4, 0.5) is 0 Å². The van der Waals surface area contributed by atoms with Crippen LogP contribution in [0.25, 0.3) is 0 Å². The Balaban J connectivity index is -0.000000583. The average Bonchev–Trinajstić information content (AvgIpc) is 2.71. The first-order valence-electron chi connectivity index (χ1n) is 12.3. The number of hydrogen-bond acceptors (Lipinski definition) is 4. The van der Waals surface area contributed by atoms with Crippen LogP contribution in [0.3, 0.4) is 0 Å². The predicted molar refractivity (Wildman–Crippen MR) is 134 cm³/mol. The fourth-order valence-corrected chi connectivity index (χ4v) is 2.55. The third-order valence-electron chi connectivity index (χ3n) is 4.47. The molecule has 0 heterocycles. The number of carboxylic acid groups (broad SMARTS) is 1. The summed E-state index contributed by atoms with van der Waals surface area (Å²) in [6, 6.07) is 0. The number of ether oxygens (including phenoxy) is 1. The summed E-state index contributed by atoms with van der Waals surface area (Å²) in [4.78, 5) is 20.1. The maximum absolute atomic E-state index is 10.3. The molecule has 0 rings (SSSR count). The molecule has 0 radical (unpaired) electrons. The van der Waals surface area contributed by atoms with Gasteiger partial charge in [-0.3, -0.25) is 9.59 Å². The summed E-state index contributed by atoms with van der Waals surface area (Å²) in [5.41, 5.74) is 0. The summed E-state index contributed by atoms with van der Waals surface area (Å²) in [6.07, 6.45) is 21.7. The minimum atomic E-state index is -0.664. The first kappa shape index (κ1) is 34.8. The molecular weight excluding hydrogens is 407 g/mol. The zero-order chi connectivity index (χ0) is 24.2. The third-order valence-corrected chi connectivity index (χ3v) is 5.41. The van der Waals surface area contributed by atoms with Gasteiger partial charge in [-0.05, 0) is 52.9 Å². The van der Waals surface area contributed by atoms with E-state index in [1.807, 2.05) is 13.8 Å². The highest BCUT2D eigenvalue weighted by Gasteiger charge is 1.95. The van der Waals surface area contributed by atoms with Crippen molar-refractivity contribution in [1.82, 2.24) is 0 Å². The minimum absolute atomic E-state index is 0.211. The van der Waals surface area contributed by atoms with Crippen molar-refractivity contribution in [2.75, 3.05) is 6.61 Å². The molecule has 0 aromatic heterocycles. The largest absolute Gasteiger partial charge is 0.504 e. The molecule has 0 aromatic rings. The van der Waals surface area contributed by atoms with Gasteiger partial charge in [0.1, 0.15) is 0 Å². The van der Waals surface area contributed by atoms with E-state index in [1.165, 1.54) is 77.6 Å². The average molecular weight is 459 g/mol. The van der Waals surface area contributed by atoms with Crippen molar-refractivity contribution in [3.05, 3.63) is 12.2 Å². The highest BCUT2D eigenvalue weighted by atomic mass is 27.1. The number of carboxylic acids is 1. The predicted octanol–water partition coefficient (Wildman–Crippen LogP) is 6.64. The molecule has 0 bridgehead atoms. The van der Waals surface area contributed by atoms with Gasteiger partial charge in [-0.1, -0.05) is 70.4 Å². The Labute approximate surface area is 201 Å². The molecule has 0 spiro atoms. The monoisotopic (exact) mass is 458 g/mol. The fourth-order valence-electron chi connectivity index (χ4n) is 2.55. The van der Waals surface area contributed by atoms with E-state index in [1.54, 1.807) is 6.92 Å². The molecule has 0 atom stereocenters. The van der Waals surface area contributed by atoms with E-state index in [-0.39, 0.29) is 5.97 Å². The highest BCUT2D eigenvalue weighted by molar-refractivity contribution is 5.98. The summed E-state index contributed by atoms with van der Waals surface area (Å²) in [5, 5.41) is 8.51. The number of esters is 1. The van der Waals surface area contributed by atoms with Crippen molar-refractivity contribution in [3.8, 4) is 0 Å². The lowest BCUT2D eigenvalue weighted by Crippen LogP contribution is -1.95. The Bertz CT molecular complexity index is 397. The van der Waals surface area contributed by atoms with Crippen LogP contribution < -0.4 is 0 Å². The van der Waals surface area contributed by atoms with Crippen LogP contribution in [0.5, 0.6) is 0 Å². The molecule has 5 nitrogen and oxygen atoms in total. The maximum Gasteiger partial charge on any atom is 0.410 e. The molecule has 0 aliphatic rings. The van der Waals surface area contributed by atoms with Gasteiger partial charge < -0.3 is 13.6 Å². The van der Waals surface area contributed by atoms with Crippen LogP contribution in [0.1, 0.15) is 125 Å². The molecule has 0 fully saturated rings. The molecule has 1 N–H and O–H groups in total. The van der Waals surface area contributed by atoms with Gasteiger partial charge in [0.05, 0.1) is 6.61 Å². The number of carbonyl (C=O) groups is 2. The minimum Gasteiger partial charge on any atom is -0.504 e. The first-order valence-corrected chi connectivity index (χ1v) is 13.2. The second-order valence-corrected chi connectivity index (χ2v) is 8.41. The summed E-state index contributed by atoms with van der Waals surface area (Å²) < 4.78 is 9.29. The van der Waals surface area contributed by atoms with Crippen LogP contribution in [0.15, 0.2) is 12.2 Å². The molecule has 31 heavy (non-hydrogen) atoms. The van der Waals surface area contributed by atoms with E-state index in [2.05, 4.69) is 23.8 Å². The Hall–Kier alpha value is -0.828. The van der Waals surface area contributed by atoms with Crippen LogP contribution in [0, 0.1) is 0 Å². The molecular formula is C25H51AlO5. The van der Waals surface area contributed by atoms with Crippen molar-refractivity contribution < 1.29 is 23.2 Å².